The van der Waals surface area contributed by atoms with Crippen molar-refractivity contribution >= 4 is 17.2 Å². The summed E-state index contributed by atoms with van der Waals surface area (Å²) in [6, 6.07) is 3.34. The van der Waals surface area contributed by atoms with Crippen molar-refractivity contribution in [2.45, 2.75) is 19.5 Å². The lowest BCUT2D eigenvalue weighted by Gasteiger charge is -2.12. The number of aromatic nitrogens is 2. The molecule has 2 rings (SSSR count). The maximum atomic E-state index is 12.8. The first kappa shape index (κ1) is 13.6. The van der Waals surface area contributed by atoms with Crippen LogP contribution in [0.2, 0.25) is 0 Å². The fourth-order valence-corrected chi connectivity index (χ4v) is 2.00. The Morgan fingerprint density at radius 3 is 2.68 bits per heavy atom. The fraction of sp³-hybridized carbons (Fsp3) is 0.273. The standard InChI is InChI=1S/C11H10F3N3OS/c1-2-9-16-10(19-17-9)18-8-4-3-6(15)5-7(8)11(12,13)14/h3-5H,2,15H2,1H3. The fourth-order valence-electron chi connectivity index (χ4n) is 1.38. The largest absolute Gasteiger partial charge is 0.429 e. The van der Waals surface area contributed by atoms with Crippen molar-refractivity contribution in [1.29, 1.82) is 0 Å². The Labute approximate surface area is 111 Å². The van der Waals surface area contributed by atoms with Crippen molar-refractivity contribution in [3.05, 3.63) is 29.6 Å². The maximum absolute atomic E-state index is 12.8. The third-order valence-corrected chi connectivity index (χ3v) is 2.90. The van der Waals surface area contributed by atoms with E-state index in [2.05, 4.69) is 9.36 Å². The highest BCUT2D eigenvalue weighted by Gasteiger charge is 2.35. The van der Waals surface area contributed by atoms with Crippen LogP contribution in [0.1, 0.15) is 18.3 Å². The van der Waals surface area contributed by atoms with Gasteiger partial charge in [0.1, 0.15) is 17.1 Å². The van der Waals surface area contributed by atoms with Gasteiger partial charge in [0, 0.05) is 23.6 Å². The van der Waals surface area contributed by atoms with Crippen molar-refractivity contribution in [3.63, 3.8) is 0 Å². The van der Waals surface area contributed by atoms with Crippen LogP contribution in [-0.4, -0.2) is 9.36 Å². The zero-order valence-electron chi connectivity index (χ0n) is 9.86. The number of hydrogen-bond acceptors (Lipinski definition) is 5. The van der Waals surface area contributed by atoms with Crippen LogP contribution in [0.4, 0.5) is 18.9 Å². The molecule has 1 aromatic heterocycles. The van der Waals surface area contributed by atoms with Crippen LogP contribution in [0, 0.1) is 0 Å². The lowest BCUT2D eigenvalue weighted by Crippen LogP contribution is -2.08. The molecule has 0 atom stereocenters. The number of nitrogen functional groups attached to an aromatic ring is 1. The summed E-state index contributed by atoms with van der Waals surface area (Å²) in [4.78, 5) is 3.96. The molecule has 0 aliphatic heterocycles. The van der Waals surface area contributed by atoms with Gasteiger partial charge in [-0.25, -0.2) is 0 Å². The monoisotopic (exact) mass is 289 g/mol. The van der Waals surface area contributed by atoms with Crippen LogP contribution in [0.3, 0.4) is 0 Å². The summed E-state index contributed by atoms with van der Waals surface area (Å²) < 4.78 is 47.6. The SMILES string of the molecule is CCc1nsc(Oc2ccc(N)cc2C(F)(F)F)n1. The lowest BCUT2D eigenvalue weighted by atomic mass is 10.1. The van der Waals surface area contributed by atoms with E-state index in [1.165, 1.54) is 12.1 Å². The normalized spacial score (nSPS) is 11.6. The third-order valence-electron chi connectivity index (χ3n) is 2.27. The molecule has 2 N–H and O–H groups in total. The van der Waals surface area contributed by atoms with E-state index in [9.17, 15) is 13.2 Å². The highest BCUT2D eigenvalue weighted by molar-refractivity contribution is 7.07. The van der Waals surface area contributed by atoms with E-state index in [1.54, 1.807) is 0 Å². The van der Waals surface area contributed by atoms with Gasteiger partial charge in [0.15, 0.2) is 0 Å². The van der Waals surface area contributed by atoms with E-state index in [4.69, 9.17) is 10.5 Å². The number of nitrogens with two attached hydrogens (primary N) is 1. The zero-order valence-corrected chi connectivity index (χ0v) is 10.7. The number of aryl methyl sites for hydroxylation is 1. The summed E-state index contributed by atoms with van der Waals surface area (Å²) in [5, 5.41) is 0.0760. The molecule has 0 aliphatic carbocycles. The predicted octanol–water partition coefficient (Wildman–Crippen LogP) is 3.49. The summed E-state index contributed by atoms with van der Waals surface area (Å²) in [6.07, 6.45) is -3.95. The summed E-state index contributed by atoms with van der Waals surface area (Å²) >= 11 is 0.911. The van der Waals surface area contributed by atoms with Gasteiger partial charge in [-0.1, -0.05) is 6.92 Å². The van der Waals surface area contributed by atoms with E-state index in [-0.39, 0.29) is 16.6 Å². The Morgan fingerprint density at radius 2 is 2.11 bits per heavy atom. The summed E-state index contributed by atoms with van der Waals surface area (Å²) in [5.74, 6) is 0.199. The molecule has 0 spiro atoms. The topological polar surface area (TPSA) is 61.0 Å². The van der Waals surface area contributed by atoms with E-state index in [0.717, 1.165) is 17.6 Å². The number of alkyl halides is 3. The quantitative estimate of drug-likeness (QED) is 0.879. The van der Waals surface area contributed by atoms with Crippen LogP contribution in [0.5, 0.6) is 10.9 Å². The minimum absolute atomic E-state index is 0.0196. The van der Waals surface area contributed by atoms with Gasteiger partial charge in [-0.15, -0.1) is 0 Å². The Hall–Kier alpha value is -1.83. The molecular formula is C11H10F3N3OS. The average Bonchev–Trinajstić information content (AvgIpc) is 2.78. The smallest absolute Gasteiger partial charge is 0.420 e. The Bertz CT molecular complexity index is 583. The van der Waals surface area contributed by atoms with E-state index < -0.39 is 11.7 Å². The summed E-state index contributed by atoms with van der Waals surface area (Å²) in [5.41, 5.74) is 4.45. The lowest BCUT2D eigenvalue weighted by molar-refractivity contribution is -0.138. The molecule has 0 aliphatic rings. The number of benzene rings is 1. The number of ether oxygens (including phenoxy) is 1. The molecule has 0 unspecified atom stereocenters. The Morgan fingerprint density at radius 1 is 1.37 bits per heavy atom. The molecule has 0 saturated carbocycles. The minimum Gasteiger partial charge on any atom is -0.429 e. The first-order valence-corrected chi connectivity index (χ1v) is 6.14. The maximum Gasteiger partial charge on any atom is 0.420 e. The van der Waals surface area contributed by atoms with Crippen LogP contribution >= 0.6 is 11.5 Å². The first-order chi connectivity index (χ1) is 8.90. The van der Waals surface area contributed by atoms with Gasteiger partial charge in [0.05, 0.1) is 0 Å². The molecule has 1 heterocycles. The van der Waals surface area contributed by atoms with Crippen molar-refractivity contribution in [3.8, 4) is 10.9 Å². The highest BCUT2D eigenvalue weighted by Crippen LogP contribution is 2.39. The number of hydrogen-bond donors (Lipinski definition) is 1. The first-order valence-electron chi connectivity index (χ1n) is 5.37. The second kappa shape index (κ2) is 5.04. The van der Waals surface area contributed by atoms with Gasteiger partial charge in [-0.3, -0.25) is 0 Å². The van der Waals surface area contributed by atoms with Crippen molar-refractivity contribution in [1.82, 2.24) is 9.36 Å². The Kier molecular flexibility index (Phi) is 3.61. The number of anilines is 1. The molecule has 8 heteroatoms. The molecule has 0 fully saturated rings. The van der Waals surface area contributed by atoms with Crippen molar-refractivity contribution in [2.24, 2.45) is 0 Å². The number of nitrogens with zero attached hydrogens (tertiary/aromatic N) is 2. The summed E-state index contributed by atoms with van der Waals surface area (Å²) in [6.45, 7) is 1.84. The van der Waals surface area contributed by atoms with Crippen LogP contribution in [0.15, 0.2) is 18.2 Å². The van der Waals surface area contributed by atoms with E-state index in [1.807, 2.05) is 6.92 Å². The molecule has 19 heavy (non-hydrogen) atoms. The van der Waals surface area contributed by atoms with Gasteiger partial charge < -0.3 is 10.5 Å². The zero-order chi connectivity index (χ0) is 14.0. The molecule has 1 aromatic carbocycles. The molecule has 0 amide bonds. The van der Waals surface area contributed by atoms with Crippen molar-refractivity contribution in [2.75, 3.05) is 5.73 Å². The van der Waals surface area contributed by atoms with Gasteiger partial charge in [0.2, 0.25) is 0 Å². The average molecular weight is 289 g/mol. The van der Waals surface area contributed by atoms with Crippen LogP contribution < -0.4 is 10.5 Å². The van der Waals surface area contributed by atoms with Crippen LogP contribution in [0.25, 0.3) is 0 Å². The molecule has 0 radical (unpaired) electrons. The second-order valence-corrected chi connectivity index (χ2v) is 4.40. The van der Waals surface area contributed by atoms with Crippen molar-refractivity contribution < 1.29 is 17.9 Å². The van der Waals surface area contributed by atoms with Gasteiger partial charge >= 0.3 is 6.18 Å². The molecule has 4 nitrogen and oxygen atoms in total. The molecular weight excluding hydrogens is 279 g/mol. The molecule has 0 saturated heterocycles. The van der Waals surface area contributed by atoms with E-state index in [0.29, 0.717) is 12.2 Å². The minimum atomic E-state index is -4.54. The predicted molar refractivity (Wildman–Crippen MR) is 65.2 cm³/mol. The molecule has 102 valence electrons. The van der Waals surface area contributed by atoms with Gasteiger partial charge in [0.25, 0.3) is 5.19 Å². The second-order valence-electron chi connectivity index (χ2n) is 3.69. The highest BCUT2D eigenvalue weighted by atomic mass is 32.1. The molecule has 2 aromatic rings. The summed E-state index contributed by atoms with van der Waals surface area (Å²) in [7, 11) is 0. The van der Waals surface area contributed by atoms with E-state index >= 15 is 0 Å². The number of rotatable bonds is 3. The number of halogens is 3. The third kappa shape index (κ3) is 3.14. The van der Waals surface area contributed by atoms with Gasteiger partial charge in [-0.2, -0.15) is 22.5 Å². The molecule has 0 bridgehead atoms. The van der Waals surface area contributed by atoms with Crippen LogP contribution in [-0.2, 0) is 12.6 Å². The Balaban J connectivity index is 2.34. The van der Waals surface area contributed by atoms with Gasteiger partial charge in [-0.05, 0) is 18.2 Å².